The fourth-order valence-electron chi connectivity index (χ4n) is 6.00. The Morgan fingerprint density at radius 2 is 1.98 bits per heavy atom. The van der Waals surface area contributed by atoms with Crippen molar-refractivity contribution in [3.8, 4) is 0 Å². The number of aliphatic hydroxyl groups is 1. The number of pyridine rings is 1. The average molecular weight is 701 g/mol. The number of aryl methyl sites for hydroxylation is 1. The van der Waals surface area contributed by atoms with Crippen molar-refractivity contribution < 1.29 is 38.2 Å². The highest BCUT2D eigenvalue weighted by molar-refractivity contribution is 5.95. The molecule has 0 aliphatic carbocycles. The number of fused-ring (bicyclic) bond motifs is 4. The van der Waals surface area contributed by atoms with Crippen LogP contribution >= 0.6 is 0 Å². The Kier molecular flexibility index (Phi) is 12.7. The van der Waals surface area contributed by atoms with Crippen molar-refractivity contribution in [1.82, 2.24) is 20.2 Å². The lowest BCUT2D eigenvalue weighted by molar-refractivity contribution is -0.157. The second-order valence-corrected chi connectivity index (χ2v) is 12.7. The number of nitrogens with one attached hydrogen (secondary N) is 2. The number of hydrogen-bond donors (Lipinski definition) is 4. The number of rotatable bonds is 4. The molecule has 1 aromatic carbocycles. The predicted octanol–water partition coefficient (Wildman–Crippen LogP) is 3.82. The Bertz CT molecular complexity index is 1800. The third kappa shape index (κ3) is 10.3. The van der Waals surface area contributed by atoms with E-state index in [0.29, 0.717) is 44.5 Å². The SMILES string of the molecule is CC1=C\[C@@H](O)CCCc2nc(co2)C(=O)N2CCC[C@@H]2C(=O)O[C@H]([C@H](N)COC(=O)Nc2cc3ccccc3cn2)[C@H](C)/C=C/C(=O)NC\C=C\1. The van der Waals surface area contributed by atoms with E-state index in [-0.39, 0.29) is 30.6 Å². The number of anilines is 1. The van der Waals surface area contributed by atoms with Gasteiger partial charge in [-0.25, -0.2) is 19.6 Å². The van der Waals surface area contributed by atoms with Gasteiger partial charge >= 0.3 is 12.1 Å². The van der Waals surface area contributed by atoms with Crippen LogP contribution in [0.4, 0.5) is 10.6 Å². The summed E-state index contributed by atoms with van der Waals surface area (Å²) < 4.78 is 16.9. The van der Waals surface area contributed by atoms with E-state index in [1.54, 1.807) is 43.5 Å². The molecular formula is C37H44N6O8. The van der Waals surface area contributed by atoms with Crippen LogP contribution in [-0.2, 0) is 25.5 Å². The summed E-state index contributed by atoms with van der Waals surface area (Å²) in [5, 5.41) is 17.5. The first-order chi connectivity index (χ1) is 24.6. The number of cyclic esters (lactones) is 1. The maximum Gasteiger partial charge on any atom is 0.412 e. The molecule has 2 aromatic heterocycles. The first-order valence-electron chi connectivity index (χ1n) is 17.1. The number of nitrogens with two attached hydrogens (primary N) is 1. The van der Waals surface area contributed by atoms with Gasteiger partial charge in [-0.05, 0) is 50.1 Å². The molecule has 0 unspecified atom stereocenters. The van der Waals surface area contributed by atoms with Crippen molar-refractivity contribution in [3.63, 3.8) is 0 Å². The summed E-state index contributed by atoms with van der Waals surface area (Å²) in [6.45, 7) is 3.79. The van der Waals surface area contributed by atoms with Crippen molar-refractivity contribution >= 4 is 40.5 Å². The smallest absolute Gasteiger partial charge is 0.412 e. The summed E-state index contributed by atoms with van der Waals surface area (Å²) in [5.74, 6) is -1.50. The number of allylic oxidation sites excluding steroid dienone is 2. The summed E-state index contributed by atoms with van der Waals surface area (Å²) in [5.41, 5.74) is 7.39. The molecule has 14 heteroatoms. The third-order valence-corrected chi connectivity index (χ3v) is 8.69. The fraction of sp³-hybridized carbons (Fsp3) is 0.405. The Morgan fingerprint density at radius 1 is 1.18 bits per heavy atom. The van der Waals surface area contributed by atoms with Crippen LogP contribution < -0.4 is 16.4 Å². The lowest BCUT2D eigenvalue weighted by atomic mass is 9.97. The van der Waals surface area contributed by atoms with Crippen LogP contribution in [0, 0.1) is 5.92 Å². The fourth-order valence-corrected chi connectivity index (χ4v) is 6.00. The maximum absolute atomic E-state index is 13.7. The molecule has 0 radical (unpaired) electrons. The summed E-state index contributed by atoms with van der Waals surface area (Å²) in [7, 11) is 0. The van der Waals surface area contributed by atoms with E-state index in [9.17, 15) is 24.3 Å². The van der Waals surface area contributed by atoms with Crippen LogP contribution in [0.3, 0.4) is 0 Å². The summed E-state index contributed by atoms with van der Waals surface area (Å²) >= 11 is 0. The predicted molar refractivity (Wildman–Crippen MR) is 188 cm³/mol. The minimum atomic E-state index is -1.04. The van der Waals surface area contributed by atoms with Crippen molar-refractivity contribution in [2.75, 3.05) is 25.0 Å². The van der Waals surface area contributed by atoms with E-state index >= 15 is 0 Å². The highest BCUT2D eigenvalue weighted by Crippen LogP contribution is 2.24. The average Bonchev–Trinajstić information content (AvgIpc) is 3.80. The molecule has 0 saturated carbocycles. The molecule has 2 bridgehead atoms. The van der Waals surface area contributed by atoms with Gasteiger partial charge in [-0.3, -0.25) is 14.9 Å². The molecule has 3 amide bonds. The third-order valence-electron chi connectivity index (χ3n) is 8.69. The lowest BCUT2D eigenvalue weighted by Crippen LogP contribution is -2.49. The standard InChI is InChI=1S/C37H44N6O8/c1-23-8-6-16-39-32(45)15-14-24(2)34(28(38)21-50-37(48)42-31-19-25-9-3-4-10-26(25)20-40-31)51-36(47)30-12-7-17-43(30)35(46)29-22-49-33(41-29)13-5-11-27(44)18-23/h3-4,6,8-10,14-15,18-20,22,24,27-28,30,34,44H,5,7,11-13,16-17,21,38H2,1-2H3,(H,39,45)(H,40,42,48)/b8-6+,15-14+,23-18+/t24-,27+,28-,30-,34+/m1/s1. The molecule has 5 rings (SSSR count). The number of benzene rings is 1. The van der Waals surface area contributed by atoms with Gasteiger partial charge in [0.15, 0.2) is 11.6 Å². The van der Waals surface area contributed by atoms with Crippen molar-refractivity contribution in [1.29, 1.82) is 0 Å². The molecular weight excluding hydrogens is 656 g/mol. The molecule has 0 spiro atoms. The lowest BCUT2D eigenvalue weighted by Gasteiger charge is -2.30. The summed E-state index contributed by atoms with van der Waals surface area (Å²) in [6.07, 6.45) is 10.9. The highest BCUT2D eigenvalue weighted by Gasteiger charge is 2.39. The van der Waals surface area contributed by atoms with Gasteiger partial charge in [0.1, 0.15) is 30.8 Å². The number of esters is 1. The van der Waals surface area contributed by atoms with Gasteiger partial charge in [-0.1, -0.05) is 61.1 Å². The molecule has 1 fully saturated rings. The molecule has 2 aliphatic heterocycles. The number of ether oxygens (including phenoxy) is 2. The van der Waals surface area contributed by atoms with E-state index in [4.69, 9.17) is 19.6 Å². The van der Waals surface area contributed by atoms with Crippen LogP contribution in [0.1, 0.15) is 55.9 Å². The molecule has 270 valence electrons. The minimum Gasteiger partial charge on any atom is -0.458 e. The normalized spacial score (nSPS) is 25.5. The first-order valence-corrected chi connectivity index (χ1v) is 17.1. The molecule has 5 N–H and O–H groups in total. The van der Waals surface area contributed by atoms with Crippen LogP contribution in [-0.4, -0.2) is 87.8 Å². The maximum atomic E-state index is 13.7. The van der Waals surface area contributed by atoms with Gasteiger partial charge < -0.3 is 34.9 Å². The number of aromatic nitrogens is 2. The number of oxazole rings is 1. The first kappa shape index (κ1) is 36.9. The van der Waals surface area contributed by atoms with Crippen LogP contribution in [0.15, 0.2) is 83.2 Å². The van der Waals surface area contributed by atoms with Crippen LogP contribution in [0.2, 0.25) is 0 Å². The molecule has 4 heterocycles. The zero-order valence-electron chi connectivity index (χ0n) is 28.7. The van der Waals surface area contributed by atoms with Crippen LogP contribution in [0.25, 0.3) is 10.8 Å². The molecule has 2 aliphatic rings. The van der Waals surface area contributed by atoms with E-state index in [2.05, 4.69) is 20.6 Å². The Labute approximate surface area is 295 Å². The number of nitrogens with zero attached hydrogens (tertiary/aromatic N) is 3. The number of amides is 3. The number of aliphatic hydroxyl groups excluding tert-OH is 1. The Hall–Kier alpha value is -5.34. The van der Waals surface area contributed by atoms with E-state index in [1.165, 1.54) is 17.2 Å². The largest absolute Gasteiger partial charge is 0.458 e. The molecule has 1 saturated heterocycles. The summed E-state index contributed by atoms with van der Waals surface area (Å²) in [4.78, 5) is 62.5. The second-order valence-electron chi connectivity index (χ2n) is 12.7. The Morgan fingerprint density at radius 3 is 2.80 bits per heavy atom. The number of carbonyl (C=O) groups excluding carboxylic acids is 4. The van der Waals surface area contributed by atoms with Gasteiger partial charge in [0.25, 0.3) is 5.91 Å². The number of hydrogen-bond acceptors (Lipinski definition) is 11. The van der Waals surface area contributed by atoms with Crippen molar-refractivity contribution in [2.45, 2.75) is 70.2 Å². The van der Waals surface area contributed by atoms with Crippen LogP contribution in [0.5, 0.6) is 0 Å². The minimum absolute atomic E-state index is 0.0698. The van der Waals surface area contributed by atoms with Gasteiger partial charge in [-0.15, -0.1) is 0 Å². The van der Waals surface area contributed by atoms with Gasteiger partial charge in [-0.2, -0.15) is 0 Å². The van der Waals surface area contributed by atoms with E-state index in [1.807, 2.05) is 31.2 Å². The molecule has 5 atom stereocenters. The molecule has 3 aromatic rings. The zero-order valence-corrected chi connectivity index (χ0v) is 28.7. The summed E-state index contributed by atoms with van der Waals surface area (Å²) in [6, 6.07) is 7.36. The van der Waals surface area contributed by atoms with Gasteiger partial charge in [0.2, 0.25) is 5.91 Å². The van der Waals surface area contributed by atoms with Gasteiger partial charge in [0.05, 0.1) is 12.1 Å². The van der Waals surface area contributed by atoms with Gasteiger partial charge in [0, 0.05) is 37.0 Å². The topological polar surface area (TPSA) is 199 Å². The molecule has 14 nitrogen and oxygen atoms in total. The zero-order chi connectivity index (χ0) is 36.3. The van der Waals surface area contributed by atoms with E-state index < -0.39 is 48.2 Å². The highest BCUT2D eigenvalue weighted by atomic mass is 16.6. The molecule has 51 heavy (non-hydrogen) atoms. The number of carbonyl (C=O) groups is 4. The van der Waals surface area contributed by atoms with Crippen molar-refractivity contribution in [2.24, 2.45) is 11.7 Å². The monoisotopic (exact) mass is 700 g/mol. The second kappa shape index (κ2) is 17.5. The van der Waals surface area contributed by atoms with E-state index in [0.717, 1.165) is 16.3 Å². The Balaban J connectivity index is 1.31. The van der Waals surface area contributed by atoms with Crippen molar-refractivity contribution in [3.05, 3.63) is 90.3 Å². The quantitative estimate of drug-likeness (QED) is 0.289.